The smallest absolute Gasteiger partial charge is 0.287 e. The van der Waals surface area contributed by atoms with Gasteiger partial charge in [-0.1, -0.05) is 13.8 Å². The summed E-state index contributed by atoms with van der Waals surface area (Å²) in [5.74, 6) is -0.187. The van der Waals surface area contributed by atoms with Crippen LogP contribution >= 0.6 is 0 Å². The van der Waals surface area contributed by atoms with Gasteiger partial charge in [-0.3, -0.25) is 14.4 Å². The molecule has 10 heteroatoms. The van der Waals surface area contributed by atoms with Crippen LogP contribution in [0.1, 0.15) is 30.8 Å². The molecule has 2 atom stereocenters. The second-order valence-electron chi connectivity index (χ2n) is 7.88. The van der Waals surface area contributed by atoms with Crippen LogP contribution in [-0.2, 0) is 19.1 Å². The lowest BCUT2D eigenvalue weighted by Crippen LogP contribution is -2.53. The molecule has 0 radical (unpaired) electrons. The van der Waals surface area contributed by atoms with Crippen molar-refractivity contribution in [1.82, 2.24) is 10.6 Å². The maximum atomic E-state index is 12.9. The van der Waals surface area contributed by atoms with Crippen molar-refractivity contribution in [3.63, 3.8) is 0 Å². The summed E-state index contributed by atoms with van der Waals surface area (Å²) in [6.07, 6.45) is 0.373. The number of benzene rings is 1. The van der Waals surface area contributed by atoms with E-state index >= 15 is 0 Å². The quantitative estimate of drug-likeness (QED) is 0.625. The molecule has 2 amide bonds. The summed E-state index contributed by atoms with van der Waals surface area (Å²) >= 11 is 0. The number of carbonyl (C=O) groups excluding carboxylic acids is 3. The molecule has 0 saturated carbocycles. The molecule has 1 aliphatic rings. The van der Waals surface area contributed by atoms with Crippen molar-refractivity contribution in [2.45, 2.75) is 32.4 Å². The van der Waals surface area contributed by atoms with Gasteiger partial charge in [-0.15, -0.1) is 0 Å². The van der Waals surface area contributed by atoms with Crippen molar-refractivity contribution in [1.29, 1.82) is 0 Å². The van der Waals surface area contributed by atoms with Crippen molar-refractivity contribution in [2.75, 3.05) is 34.2 Å². The molecule has 2 aromatic rings. The monoisotopic (exact) mass is 448 g/mol. The highest BCUT2D eigenvalue weighted by Gasteiger charge is 2.29. The number of furan rings is 1. The van der Waals surface area contributed by atoms with Crippen LogP contribution in [0.15, 0.2) is 22.6 Å². The van der Waals surface area contributed by atoms with Crippen molar-refractivity contribution in [3.8, 4) is 11.5 Å². The van der Waals surface area contributed by atoms with Gasteiger partial charge in [-0.25, -0.2) is 0 Å². The molecule has 2 unspecified atom stereocenters. The summed E-state index contributed by atoms with van der Waals surface area (Å²) in [6, 6.07) is 3.20. The van der Waals surface area contributed by atoms with Gasteiger partial charge in [0, 0.05) is 11.5 Å². The van der Waals surface area contributed by atoms with E-state index in [-0.39, 0.29) is 37.5 Å². The van der Waals surface area contributed by atoms with E-state index in [1.54, 1.807) is 18.2 Å². The molecule has 2 heterocycles. The molecule has 0 bridgehead atoms. The third-order valence-electron chi connectivity index (χ3n) is 4.98. The van der Waals surface area contributed by atoms with Crippen LogP contribution in [0.2, 0.25) is 0 Å². The van der Waals surface area contributed by atoms with Crippen molar-refractivity contribution in [2.24, 2.45) is 5.92 Å². The lowest BCUT2D eigenvalue weighted by Gasteiger charge is -2.22. The predicted octanol–water partition coefficient (Wildman–Crippen LogP) is 1.65. The molecule has 2 N–H and O–H groups in total. The molecule has 1 aromatic heterocycles. The van der Waals surface area contributed by atoms with E-state index in [0.29, 0.717) is 28.9 Å². The van der Waals surface area contributed by atoms with E-state index in [0.717, 1.165) is 0 Å². The number of carbonyl (C=O) groups is 3. The van der Waals surface area contributed by atoms with Crippen LogP contribution in [-0.4, -0.2) is 63.9 Å². The number of ether oxygens (including phenoxy) is 4. The Hall–Kier alpha value is -3.11. The Morgan fingerprint density at radius 1 is 1.12 bits per heavy atom. The van der Waals surface area contributed by atoms with Crippen molar-refractivity contribution in [3.05, 3.63) is 24.0 Å². The number of Topliss-reactive ketones (excluding diaryl/α,β-unsaturated/α-hetero) is 1. The zero-order chi connectivity index (χ0) is 23.3. The number of fused-ring (bicyclic) bond motifs is 1. The summed E-state index contributed by atoms with van der Waals surface area (Å²) in [4.78, 5) is 37.8. The van der Waals surface area contributed by atoms with E-state index in [4.69, 9.17) is 23.4 Å². The van der Waals surface area contributed by atoms with Crippen LogP contribution in [0.5, 0.6) is 11.5 Å². The molecule has 10 nitrogen and oxygen atoms in total. The fourth-order valence-electron chi connectivity index (χ4n) is 3.37. The van der Waals surface area contributed by atoms with Crippen LogP contribution in [0.25, 0.3) is 11.0 Å². The standard InChI is InChI=1S/C22H28N2O8/c1-12(2)5-14(21(26)24-15-9-30-11-31-10-16(15)25)23-22(27)20-7-13-6-18(28-3)19(29-4)8-17(13)32-20/h6-8,12,14-15H,5,9-11H2,1-4H3,(H,23,27)(H,24,26). The van der Waals surface area contributed by atoms with Gasteiger partial charge in [0.1, 0.15) is 31.1 Å². The number of amides is 2. The molecule has 32 heavy (non-hydrogen) atoms. The van der Waals surface area contributed by atoms with Gasteiger partial charge < -0.3 is 34.0 Å². The fraction of sp³-hybridized carbons (Fsp3) is 0.500. The zero-order valence-electron chi connectivity index (χ0n) is 18.6. The second-order valence-corrected chi connectivity index (χ2v) is 7.88. The first-order chi connectivity index (χ1) is 15.3. The highest BCUT2D eigenvalue weighted by atomic mass is 16.7. The average Bonchev–Trinajstić information content (AvgIpc) is 3.08. The normalized spacial score (nSPS) is 17.7. The summed E-state index contributed by atoms with van der Waals surface area (Å²) < 4.78 is 26.4. The van der Waals surface area contributed by atoms with E-state index < -0.39 is 23.9 Å². The molecule has 1 aromatic carbocycles. The zero-order valence-corrected chi connectivity index (χ0v) is 18.6. The van der Waals surface area contributed by atoms with Gasteiger partial charge in [0.25, 0.3) is 5.91 Å². The number of rotatable bonds is 8. The van der Waals surface area contributed by atoms with Gasteiger partial charge >= 0.3 is 0 Å². The Labute approximate surface area is 185 Å². The van der Waals surface area contributed by atoms with Gasteiger partial charge in [-0.05, 0) is 24.5 Å². The number of hydrogen-bond acceptors (Lipinski definition) is 8. The summed E-state index contributed by atoms with van der Waals surface area (Å²) in [7, 11) is 3.02. The minimum absolute atomic E-state index is 0.00804. The lowest BCUT2D eigenvalue weighted by molar-refractivity contribution is -0.130. The Bertz CT molecular complexity index is 943. The summed E-state index contributed by atoms with van der Waals surface area (Å²) in [5.41, 5.74) is 0.443. The third kappa shape index (κ3) is 5.57. The molecular weight excluding hydrogens is 420 g/mol. The molecule has 0 aliphatic carbocycles. The highest BCUT2D eigenvalue weighted by molar-refractivity contribution is 6.00. The molecule has 1 saturated heterocycles. The molecule has 0 spiro atoms. The van der Waals surface area contributed by atoms with Crippen molar-refractivity contribution >= 4 is 28.6 Å². The average molecular weight is 448 g/mol. The Balaban J connectivity index is 1.76. The fourth-order valence-corrected chi connectivity index (χ4v) is 3.37. The van der Waals surface area contributed by atoms with Gasteiger partial charge in [0.05, 0.1) is 20.8 Å². The molecule has 3 rings (SSSR count). The Morgan fingerprint density at radius 3 is 2.53 bits per heavy atom. The van der Waals surface area contributed by atoms with Gasteiger partial charge in [0.2, 0.25) is 5.91 Å². The Kier molecular flexibility index (Phi) is 7.70. The van der Waals surface area contributed by atoms with E-state index in [9.17, 15) is 14.4 Å². The van der Waals surface area contributed by atoms with Crippen LogP contribution in [0, 0.1) is 5.92 Å². The van der Waals surface area contributed by atoms with Gasteiger partial charge in [0.15, 0.2) is 23.0 Å². The molecule has 1 fully saturated rings. The molecular formula is C22H28N2O8. The number of ketones is 1. The minimum atomic E-state index is -0.864. The number of methoxy groups -OCH3 is 2. The number of nitrogens with one attached hydrogen (secondary N) is 2. The van der Waals surface area contributed by atoms with Crippen molar-refractivity contribution < 1.29 is 37.7 Å². The minimum Gasteiger partial charge on any atom is -0.493 e. The van der Waals surface area contributed by atoms with Crippen LogP contribution in [0.3, 0.4) is 0 Å². The largest absolute Gasteiger partial charge is 0.493 e. The predicted molar refractivity (Wildman–Crippen MR) is 114 cm³/mol. The maximum absolute atomic E-state index is 12.9. The first kappa shape index (κ1) is 23.6. The third-order valence-corrected chi connectivity index (χ3v) is 4.98. The molecule has 1 aliphatic heterocycles. The molecule has 174 valence electrons. The lowest BCUT2D eigenvalue weighted by atomic mass is 10.0. The SMILES string of the molecule is COc1cc2cc(C(=O)NC(CC(C)C)C(=O)NC3COCOCC3=O)oc2cc1OC. The van der Waals surface area contributed by atoms with E-state index in [1.165, 1.54) is 14.2 Å². The summed E-state index contributed by atoms with van der Waals surface area (Å²) in [6.45, 7) is 3.73. The second kappa shape index (κ2) is 10.5. The first-order valence-corrected chi connectivity index (χ1v) is 10.3. The first-order valence-electron chi connectivity index (χ1n) is 10.3. The van der Waals surface area contributed by atoms with Crippen LogP contribution in [0.4, 0.5) is 0 Å². The topological polar surface area (TPSA) is 125 Å². The Morgan fingerprint density at radius 2 is 1.84 bits per heavy atom. The highest BCUT2D eigenvalue weighted by Crippen LogP contribution is 2.33. The van der Waals surface area contributed by atoms with E-state index in [1.807, 2.05) is 13.8 Å². The van der Waals surface area contributed by atoms with Gasteiger partial charge in [-0.2, -0.15) is 0 Å². The van der Waals surface area contributed by atoms with E-state index in [2.05, 4.69) is 10.6 Å². The maximum Gasteiger partial charge on any atom is 0.287 e. The number of hydrogen-bond donors (Lipinski definition) is 2. The summed E-state index contributed by atoms with van der Waals surface area (Å²) in [5, 5.41) is 6.02. The van der Waals surface area contributed by atoms with Crippen LogP contribution < -0.4 is 20.1 Å².